The molecule has 2 nitrogen and oxygen atoms in total. The number of hydrogen-bond donors (Lipinski definition) is 0. The largest absolute Gasteiger partial charge is 0.282 e. The molecule has 0 aliphatic heterocycles. The summed E-state index contributed by atoms with van der Waals surface area (Å²) < 4.78 is 25.5. The topological polar surface area (TPSA) is 17.8 Å². The van der Waals surface area contributed by atoms with Gasteiger partial charge in [0.1, 0.15) is 5.69 Å². The number of aromatic nitrogens is 2. The van der Waals surface area contributed by atoms with E-state index in [-0.39, 0.29) is 11.7 Å². The lowest BCUT2D eigenvalue weighted by Gasteiger charge is -2.03. The van der Waals surface area contributed by atoms with Crippen LogP contribution < -0.4 is 0 Å². The summed E-state index contributed by atoms with van der Waals surface area (Å²) in [4.78, 5) is 0. The first kappa shape index (κ1) is 8.17. The molecule has 4 heteroatoms. The van der Waals surface area contributed by atoms with Crippen molar-refractivity contribution < 1.29 is 8.78 Å². The zero-order valence-electron chi connectivity index (χ0n) is 6.46. The Morgan fingerprint density at radius 3 is 2.36 bits per heavy atom. The molecule has 0 unspecified atom stereocenters. The molecule has 62 valence electrons. The average molecular weight is 160 g/mol. The van der Waals surface area contributed by atoms with Crippen molar-refractivity contribution in [2.45, 2.75) is 26.3 Å². The van der Waals surface area contributed by atoms with Crippen molar-refractivity contribution in [1.82, 2.24) is 9.78 Å². The van der Waals surface area contributed by atoms with E-state index < -0.39 is 6.43 Å². The van der Waals surface area contributed by atoms with Crippen LogP contribution in [0.4, 0.5) is 8.78 Å². The molecule has 1 aromatic rings. The second kappa shape index (κ2) is 2.98. The highest BCUT2D eigenvalue weighted by atomic mass is 19.3. The molecule has 0 fully saturated rings. The van der Waals surface area contributed by atoms with Gasteiger partial charge < -0.3 is 0 Å². The van der Waals surface area contributed by atoms with E-state index in [1.807, 2.05) is 13.8 Å². The number of hydrogen-bond acceptors (Lipinski definition) is 1. The predicted molar refractivity (Wildman–Crippen MR) is 37.6 cm³/mol. The first-order chi connectivity index (χ1) is 5.11. The summed E-state index contributed by atoms with van der Waals surface area (Å²) in [6, 6.07) is 1.48. The molecule has 0 N–H and O–H groups in total. The van der Waals surface area contributed by atoms with Gasteiger partial charge in [-0.05, 0) is 19.9 Å². The maximum atomic E-state index is 12.0. The second-order valence-corrected chi connectivity index (χ2v) is 2.62. The fourth-order valence-corrected chi connectivity index (χ4v) is 0.757. The van der Waals surface area contributed by atoms with Gasteiger partial charge in [-0.1, -0.05) is 0 Å². The van der Waals surface area contributed by atoms with E-state index in [9.17, 15) is 8.78 Å². The molecule has 0 aliphatic rings. The lowest BCUT2D eigenvalue weighted by atomic mass is 10.4. The Hall–Kier alpha value is -0.930. The van der Waals surface area contributed by atoms with Crippen molar-refractivity contribution in [1.29, 1.82) is 0 Å². The van der Waals surface area contributed by atoms with Crippen LogP contribution in [0, 0.1) is 0 Å². The van der Waals surface area contributed by atoms with Gasteiger partial charge in [0.25, 0.3) is 6.43 Å². The number of rotatable bonds is 2. The van der Waals surface area contributed by atoms with E-state index in [1.165, 1.54) is 10.7 Å². The van der Waals surface area contributed by atoms with Crippen molar-refractivity contribution in [3.8, 4) is 0 Å². The summed E-state index contributed by atoms with van der Waals surface area (Å²) in [5.41, 5.74) is -0.154. The molecular formula is C7H10F2N2. The molecule has 0 aromatic carbocycles. The van der Waals surface area contributed by atoms with Crippen LogP contribution in [-0.2, 0) is 0 Å². The van der Waals surface area contributed by atoms with Crippen molar-refractivity contribution in [3.63, 3.8) is 0 Å². The molecule has 1 aromatic heterocycles. The summed E-state index contributed by atoms with van der Waals surface area (Å²) >= 11 is 0. The third-order valence-corrected chi connectivity index (χ3v) is 1.38. The van der Waals surface area contributed by atoms with E-state index in [0.717, 1.165) is 0 Å². The van der Waals surface area contributed by atoms with Crippen molar-refractivity contribution in [2.75, 3.05) is 0 Å². The van der Waals surface area contributed by atoms with Crippen LogP contribution in [0.25, 0.3) is 0 Å². The van der Waals surface area contributed by atoms with Crippen molar-refractivity contribution >= 4 is 0 Å². The third-order valence-electron chi connectivity index (χ3n) is 1.38. The molecule has 1 rings (SSSR count). The van der Waals surface area contributed by atoms with Crippen LogP contribution in [0.2, 0.25) is 0 Å². The van der Waals surface area contributed by atoms with Crippen LogP contribution in [0.1, 0.15) is 32.0 Å². The summed E-state index contributed by atoms with van der Waals surface area (Å²) in [6.45, 7) is 3.78. The first-order valence-electron chi connectivity index (χ1n) is 3.44. The van der Waals surface area contributed by atoms with E-state index >= 15 is 0 Å². The van der Waals surface area contributed by atoms with Crippen LogP contribution >= 0.6 is 0 Å². The van der Waals surface area contributed by atoms with Crippen LogP contribution in [0.3, 0.4) is 0 Å². The number of halogens is 2. The van der Waals surface area contributed by atoms with Gasteiger partial charge in [-0.2, -0.15) is 5.10 Å². The van der Waals surface area contributed by atoms with E-state index in [2.05, 4.69) is 5.10 Å². The molecule has 11 heavy (non-hydrogen) atoms. The average Bonchev–Trinajstić information content (AvgIpc) is 2.33. The standard InChI is InChI=1S/C7H10F2N2/c1-5(2)11-4-3-6(10-11)7(8)9/h3-5,7H,1-2H3. The zero-order chi connectivity index (χ0) is 8.43. The molecule has 0 atom stereocenters. The Bertz CT molecular complexity index is 208. The fourth-order valence-electron chi connectivity index (χ4n) is 0.757. The lowest BCUT2D eigenvalue weighted by molar-refractivity contribution is 0.144. The Labute approximate surface area is 63.8 Å². The summed E-state index contributed by atoms with van der Waals surface area (Å²) in [5.74, 6) is 0. The maximum absolute atomic E-state index is 12.0. The van der Waals surface area contributed by atoms with Crippen molar-refractivity contribution in [3.05, 3.63) is 18.0 Å². The molecule has 0 saturated heterocycles. The first-order valence-corrected chi connectivity index (χ1v) is 3.44. The third kappa shape index (κ3) is 1.76. The molecule has 1 heterocycles. The zero-order valence-corrected chi connectivity index (χ0v) is 6.46. The van der Waals surface area contributed by atoms with Gasteiger partial charge in [-0.25, -0.2) is 8.78 Å². The highest BCUT2D eigenvalue weighted by Gasteiger charge is 2.10. The number of nitrogens with zero attached hydrogens (tertiary/aromatic N) is 2. The molecule has 0 bridgehead atoms. The minimum atomic E-state index is -2.46. The monoisotopic (exact) mass is 160 g/mol. The quantitative estimate of drug-likeness (QED) is 0.649. The highest BCUT2D eigenvalue weighted by molar-refractivity contribution is 5.00. The molecule has 0 spiro atoms. The molecule has 0 radical (unpaired) electrons. The summed E-state index contributed by atoms with van der Waals surface area (Å²) in [7, 11) is 0. The maximum Gasteiger partial charge on any atom is 0.282 e. The lowest BCUT2D eigenvalue weighted by Crippen LogP contribution is -2.01. The Kier molecular flexibility index (Phi) is 2.22. The van der Waals surface area contributed by atoms with E-state index in [0.29, 0.717) is 0 Å². The van der Waals surface area contributed by atoms with Crippen LogP contribution in [0.5, 0.6) is 0 Å². The summed E-state index contributed by atoms with van der Waals surface area (Å²) in [5, 5.41) is 3.68. The Morgan fingerprint density at radius 1 is 1.45 bits per heavy atom. The van der Waals surface area contributed by atoms with Gasteiger partial charge >= 0.3 is 0 Å². The summed E-state index contributed by atoms with van der Waals surface area (Å²) in [6.07, 6.45) is -0.901. The minimum Gasteiger partial charge on any atom is -0.270 e. The van der Waals surface area contributed by atoms with Gasteiger partial charge in [-0.15, -0.1) is 0 Å². The number of alkyl halides is 2. The normalized spacial score (nSPS) is 11.5. The fraction of sp³-hybridized carbons (Fsp3) is 0.571. The van der Waals surface area contributed by atoms with E-state index in [1.54, 1.807) is 6.20 Å². The van der Waals surface area contributed by atoms with Crippen LogP contribution in [-0.4, -0.2) is 9.78 Å². The van der Waals surface area contributed by atoms with Crippen LogP contribution in [0.15, 0.2) is 12.3 Å². The van der Waals surface area contributed by atoms with Gasteiger partial charge in [0.05, 0.1) is 0 Å². The molecule has 0 amide bonds. The minimum absolute atomic E-state index is 0.141. The molecule has 0 saturated carbocycles. The SMILES string of the molecule is CC(C)n1ccc(C(F)F)n1. The molecule has 0 aliphatic carbocycles. The smallest absolute Gasteiger partial charge is 0.270 e. The van der Waals surface area contributed by atoms with Crippen molar-refractivity contribution in [2.24, 2.45) is 0 Å². The van der Waals surface area contributed by atoms with Gasteiger partial charge in [0.2, 0.25) is 0 Å². The van der Waals surface area contributed by atoms with Gasteiger partial charge in [-0.3, -0.25) is 4.68 Å². The Morgan fingerprint density at radius 2 is 2.09 bits per heavy atom. The highest BCUT2D eigenvalue weighted by Crippen LogP contribution is 2.16. The van der Waals surface area contributed by atoms with Gasteiger partial charge in [0, 0.05) is 12.2 Å². The van der Waals surface area contributed by atoms with Gasteiger partial charge in [0.15, 0.2) is 0 Å². The Balaban J connectivity index is 2.82. The second-order valence-electron chi connectivity index (χ2n) is 2.62. The predicted octanol–water partition coefficient (Wildman–Crippen LogP) is 2.40. The van der Waals surface area contributed by atoms with E-state index in [4.69, 9.17) is 0 Å². The molecular weight excluding hydrogens is 150 g/mol.